The first-order chi connectivity index (χ1) is 27.2. The van der Waals surface area contributed by atoms with Crippen LogP contribution in [0, 0.1) is 0 Å². The molecule has 11 rings (SSSR count). The minimum absolute atomic E-state index is 0.719. The molecule has 2 aromatic heterocycles. The average Bonchev–Trinajstić information content (AvgIpc) is 3.62. The SMILES string of the molecule is c1ccc(-c2cc(-c3ccc(-c4ccc(-n5c6c7c(ccc6c6ccc8ccccc8c65)Sc5ccccc5S7)cc4)cc3)nc(-c3ccccc3)n2)cc1. The molecule has 1 aliphatic rings. The Morgan fingerprint density at radius 2 is 0.909 bits per heavy atom. The van der Waals surface area contributed by atoms with E-state index in [4.69, 9.17) is 9.97 Å². The van der Waals surface area contributed by atoms with Crippen molar-refractivity contribution in [2.45, 2.75) is 19.6 Å². The fourth-order valence-corrected chi connectivity index (χ4v) is 10.2. The zero-order chi connectivity index (χ0) is 36.3. The quantitative estimate of drug-likeness (QED) is 0.176. The smallest absolute Gasteiger partial charge is 0.160 e. The predicted octanol–water partition coefficient (Wildman–Crippen LogP) is 14.0. The Morgan fingerprint density at radius 1 is 0.364 bits per heavy atom. The number of hydrogen-bond donors (Lipinski definition) is 0. The number of aromatic nitrogens is 3. The molecule has 0 N–H and O–H groups in total. The van der Waals surface area contributed by atoms with Crippen LogP contribution >= 0.6 is 23.5 Å². The van der Waals surface area contributed by atoms with Crippen LogP contribution in [0.2, 0.25) is 0 Å². The lowest BCUT2D eigenvalue weighted by atomic mass is 10.0. The minimum Gasteiger partial charge on any atom is -0.307 e. The molecule has 8 aromatic carbocycles. The van der Waals surface area contributed by atoms with E-state index in [9.17, 15) is 0 Å². The highest BCUT2D eigenvalue weighted by atomic mass is 32.2. The van der Waals surface area contributed by atoms with Gasteiger partial charge >= 0.3 is 0 Å². The lowest BCUT2D eigenvalue weighted by Gasteiger charge is -2.20. The van der Waals surface area contributed by atoms with E-state index in [1.54, 1.807) is 0 Å². The van der Waals surface area contributed by atoms with Crippen LogP contribution < -0.4 is 0 Å². The molecule has 0 aliphatic carbocycles. The number of rotatable bonds is 5. The van der Waals surface area contributed by atoms with Crippen LogP contribution in [0.5, 0.6) is 0 Å². The first-order valence-corrected chi connectivity index (χ1v) is 20.0. The van der Waals surface area contributed by atoms with Crippen molar-refractivity contribution < 1.29 is 0 Å². The van der Waals surface area contributed by atoms with E-state index < -0.39 is 0 Å². The molecular formula is C50H31N3S2. The van der Waals surface area contributed by atoms with E-state index in [1.807, 2.05) is 59.9 Å². The first kappa shape index (κ1) is 32.1. The summed E-state index contributed by atoms with van der Waals surface area (Å²) < 4.78 is 2.50. The lowest BCUT2D eigenvalue weighted by molar-refractivity contribution is 1.11. The van der Waals surface area contributed by atoms with Gasteiger partial charge in [0.1, 0.15) is 0 Å². The second-order valence-electron chi connectivity index (χ2n) is 13.8. The van der Waals surface area contributed by atoms with Gasteiger partial charge in [0, 0.05) is 53.2 Å². The molecule has 0 saturated heterocycles. The molecule has 55 heavy (non-hydrogen) atoms. The third-order valence-electron chi connectivity index (χ3n) is 10.5. The number of benzene rings is 8. The monoisotopic (exact) mass is 737 g/mol. The predicted molar refractivity (Wildman–Crippen MR) is 230 cm³/mol. The summed E-state index contributed by atoms with van der Waals surface area (Å²) in [4.78, 5) is 15.2. The van der Waals surface area contributed by atoms with Gasteiger partial charge in [-0.1, -0.05) is 175 Å². The summed E-state index contributed by atoms with van der Waals surface area (Å²) >= 11 is 3.76. The number of nitrogens with zero attached hydrogens (tertiary/aromatic N) is 3. The van der Waals surface area contributed by atoms with Gasteiger partial charge in [-0.05, 0) is 52.9 Å². The van der Waals surface area contributed by atoms with Gasteiger partial charge in [-0.3, -0.25) is 0 Å². The van der Waals surface area contributed by atoms with Crippen molar-refractivity contribution in [1.82, 2.24) is 14.5 Å². The maximum absolute atomic E-state index is 5.04. The van der Waals surface area contributed by atoms with Gasteiger partial charge in [0.05, 0.1) is 27.3 Å². The van der Waals surface area contributed by atoms with Crippen molar-refractivity contribution >= 4 is 56.1 Å². The molecule has 0 atom stereocenters. The molecule has 10 aromatic rings. The molecule has 1 aliphatic heterocycles. The largest absolute Gasteiger partial charge is 0.307 e. The van der Waals surface area contributed by atoms with Gasteiger partial charge in [-0.25, -0.2) is 9.97 Å². The lowest BCUT2D eigenvalue weighted by Crippen LogP contribution is -1.98. The highest BCUT2D eigenvalue weighted by Crippen LogP contribution is 2.53. The maximum Gasteiger partial charge on any atom is 0.160 e. The summed E-state index contributed by atoms with van der Waals surface area (Å²) in [5, 5.41) is 5.06. The Hall–Kier alpha value is -6.40. The van der Waals surface area contributed by atoms with Crippen LogP contribution in [0.3, 0.4) is 0 Å². The van der Waals surface area contributed by atoms with Crippen LogP contribution in [0.25, 0.3) is 83.3 Å². The molecular weight excluding hydrogens is 707 g/mol. The van der Waals surface area contributed by atoms with E-state index >= 15 is 0 Å². The summed E-state index contributed by atoms with van der Waals surface area (Å²) in [5.74, 6) is 0.719. The Balaban J connectivity index is 1.00. The third kappa shape index (κ3) is 5.55. The van der Waals surface area contributed by atoms with Crippen molar-refractivity contribution in [2.75, 3.05) is 0 Å². The first-order valence-electron chi connectivity index (χ1n) is 18.4. The fraction of sp³-hybridized carbons (Fsp3) is 0. The zero-order valence-corrected chi connectivity index (χ0v) is 31.2. The van der Waals surface area contributed by atoms with Crippen molar-refractivity contribution in [3.63, 3.8) is 0 Å². The normalized spacial score (nSPS) is 12.2. The third-order valence-corrected chi connectivity index (χ3v) is 13.1. The molecule has 0 bridgehead atoms. The summed E-state index contributed by atoms with van der Waals surface area (Å²) in [7, 11) is 0. The molecule has 3 nitrogen and oxygen atoms in total. The van der Waals surface area contributed by atoms with Crippen molar-refractivity contribution in [3.05, 3.63) is 188 Å². The van der Waals surface area contributed by atoms with Gasteiger partial charge in [0.2, 0.25) is 0 Å². The highest BCUT2D eigenvalue weighted by Gasteiger charge is 2.24. The zero-order valence-electron chi connectivity index (χ0n) is 29.6. The van der Waals surface area contributed by atoms with E-state index in [1.165, 1.54) is 57.7 Å². The van der Waals surface area contributed by atoms with Gasteiger partial charge in [-0.15, -0.1) is 0 Å². The molecule has 0 spiro atoms. The van der Waals surface area contributed by atoms with Crippen LogP contribution in [0.15, 0.2) is 208 Å². The highest BCUT2D eigenvalue weighted by molar-refractivity contribution is 8.05. The molecule has 3 heterocycles. The minimum atomic E-state index is 0.719. The summed E-state index contributed by atoms with van der Waals surface area (Å²) in [5.41, 5.74) is 10.9. The van der Waals surface area contributed by atoms with E-state index in [-0.39, 0.29) is 0 Å². The molecule has 5 heteroatoms. The van der Waals surface area contributed by atoms with E-state index in [0.29, 0.717) is 0 Å². The van der Waals surface area contributed by atoms with Crippen LogP contribution in [0.4, 0.5) is 0 Å². The Labute approximate surface area is 327 Å². The van der Waals surface area contributed by atoms with Crippen molar-refractivity contribution in [2.24, 2.45) is 0 Å². The molecule has 0 saturated carbocycles. The Kier molecular flexibility index (Phi) is 7.68. The molecule has 0 fully saturated rings. The fourth-order valence-electron chi connectivity index (χ4n) is 7.81. The maximum atomic E-state index is 5.04. The molecule has 0 unspecified atom stereocenters. The van der Waals surface area contributed by atoms with Gasteiger partial charge < -0.3 is 4.57 Å². The summed E-state index contributed by atoms with van der Waals surface area (Å²) in [6.07, 6.45) is 0. The average molecular weight is 738 g/mol. The van der Waals surface area contributed by atoms with Crippen molar-refractivity contribution in [3.8, 4) is 50.7 Å². The van der Waals surface area contributed by atoms with E-state index in [0.717, 1.165) is 45.2 Å². The standard InChI is InChI=1S/C50H31N3S2/c1-3-12-35(13-4-1)42-31-43(52-50(51-42)37-14-5-2-6-15-37)36-21-19-32(20-22-36)33-23-26-38(27-24-33)53-47-39-16-8-7-11-34(39)25-28-40(47)41-29-30-46-49(48(41)53)55-45-18-10-9-17-44(45)54-46/h1-31H. The van der Waals surface area contributed by atoms with Gasteiger partial charge in [-0.2, -0.15) is 0 Å². The van der Waals surface area contributed by atoms with Crippen LogP contribution in [0.1, 0.15) is 0 Å². The van der Waals surface area contributed by atoms with Crippen LogP contribution in [-0.2, 0) is 0 Å². The second-order valence-corrected chi connectivity index (χ2v) is 15.9. The molecule has 0 radical (unpaired) electrons. The summed E-state index contributed by atoms with van der Waals surface area (Å²) in [6.45, 7) is 0. The van der Waals surface area contributed by atoms with Gasteiger partial charge in [0.25, 0.3) is 0 Å². The molecule has 0 amide bonds. The summed E-state index contributed by atoms with van der Waals surface area (Å²) in [6, 6.07) is 67.1. The Morgan fingerprint density at radius 3 is 1.64 bits per heavy atom. The Bertz CT molecular complexity index is 3010. The van der Waals surface area contributed by atoms with Gasteiger partial charge in [0.15, 0.2) is 5.82 Å². The van der Waals surface area contributed by atoms with E-state index in [2.05, 4.69) is 156 Å². The van der Waals surface area contributed by atoms with Crippen LogP contribution in [-0.4, -0.2) is 14.5 Å². The number of hydrogen-bond acceptors (Lipinski definition) is 4. The molecule has 258 valence electrons. The topological polar surface area (TPSA) is 30.7 Å². The second kappa shape index (κ2) is 13.2. The number of fused-ring (bicyclic) bond motifs is 8. The van der Waals surface area contributed by atoms with Crippen molar-refractivity contribution in [1.29, 1.82) is 0 Å².